The minimum atomic E-state index is -0.00796. The van der Waals surface area contributed by atoms with Gasteiger partial charge in [0.15, 0.2) is 5.75 Å². The third-order valence-electron chi connectivity index (χ3n) is 3.46. The molecule has 114 valence electrons. The van der Waals surface area contributed by atoms with Gasteiger partial charge in [-0.2, -0.15) is 5.10 Å². The lowest BCUT2D eigenvalue weighted by Gasteiger charge is -2.20. The monoisotopic (exact) mass is 307 g/mol. The van der Waals surface area contributed by atoms with E-state index in [1.165, 1.54) is 0 Å². The van der Waals surface area contributed by atoms with E-state index in [2.05, 4.69) is 23.4 Å². The molecule has 21 heavy (non-hydrogen) atoms. The molecule has 2 rings (SSSR count). The molecule has 0 radical (unpaired) electrons. The van der Waals surface area contributed by atoms with E-state index in [4.69, 9.17) is 16.3 Å². The zero-order valence-electron chi connectivity index (χ0n) is 13.0. The Morgan fingerprint density at radius 1 is 1.38 bits per heavy atom. The molecule has 4 nitrogen and oxygen atoms in total. The Morgan fingerprint density at radius 3 is 2.71 bits per heavy atom. The van der Waals surface area contributed by atoms with Gasteiger partial charge in [0, 0.05) is 11.6 Å². The van der Waals surface area contributed by atoms with Gasteiger partial charge < -0.3 is 10.1 Å². The third kappa shape index (κ3) is 3.39. The Balaban J connectivity index is 2.52. The summed E-state index contributed by atoms with van der Waals surface area (Å²) in [6.07, 6.45) is 2.79. The Kier molecular flexibility index (Phi) is 5.26. The highest BCUT2D eigenvalue weighted by Crippen LogP contribution is 2.31. The van der Waals surface area contributed by atoms with Gasteiger partial charge in [0.2, 0.25) is 0 Å². The SMILES string of the molecule is CCCn1ncc(OC)c1C(NC)c1cc(C)cc(Cl)c1. The van der Waals surface area contributed by atoms with Crippen molar-refractivity contribution in [3.8, 4) is 5.75 Å². The van der Waals surface area contributed by atoms with Crippen molar-refractivity contribution in [2.45, 2.75) is 32.9 Å². The number of methoxy groups -OCH3 is 1. The average Bonchev–Trinajstić information content (AvgIpc) is 2.82. The molecule has 0 fully saturated rings. The van der Waals surface area contributed by atoms with Gasteiger partial charge in [-0.15, -0.1) is 0 Å². The topological polar surface area (TPSA) is 39.1 Å². The molecule has 1 heterocycles. The third-order valence-corrected chi connectivity index (χ3v) is 3.68. The zero-order chi connectivity index (χ0) is 15.4. The lowest BCUT2D eigenvalue weighted by Crippen LogP contribution is -2.22. The van der Waals surface area contributed by atoms with Crippen LogP contribution in [0, 0.1) is 6.92 Å². The maximum absolute atomic E-state index is 6.21. The largest absolute Gasteiger partial charge is 0.493 e. The van der Waals surface area contributed by atoms with E-state index in [0.29, 0.717) is 0 Å². The van der Waals surface area contributed by atoms with Crippen LogP contribution in [-0.2, 0) is 6.54 Å². The number of nitrogens with zero attached hydrogens (tertiary/aromatic N) is 2. The average molecular weight is 308 g/mol. The van der Waals surface area contributed by atoms with Crippen LogP contribution in [0.15, 0.2) is 24.4 Å². The second kappa shape index (κ2) is 6.96. The van der Waals surface area contributed by atoms with Crippen LogP contribution in [0.2, 0.25) is 5.02 Å². The number of rotatable bonds is 6. The first-order valence-electron chi connectivity index (χ1n) is 7.14. The molecular formula is C16H22ClN3O. The summed E-state index contributed by atoms with van der Waals surface area (Å²) < 4.78 is 7.48. The maximum Gasteiger partial charge on any atom is 0.161 e. The minimum absolute atomic E-state index is 0.00796. The highest BCUT2D eigenvalue weighted by molar-refractivity contribution is 6.30. The number of benzene rings is 1. The molecular weight excluding hydrogens is 286 g/mol. The number of halogens is 1. The summed E-state index contributed by atoms with van der Waals surface area (Å²) in [5, 5.41) is 8.53. The van der Waals surface area contributed by atoms with E-state index < -0.39 is 0 Å². The Labute approximate surface area is 131 Å². The van der Waals surface area contributed by atoms with E-state index in [1.54, 1.807) is 13.3 Å². The van der Waals surface area contributed by atoms with Gasteiger partial charge in [-0.05, 0) is 43.7 Å². The molecule has 1 atom stereocenters. The molecule has 1 N–H and O–H groups in total. The predicted octanol–water partition coefficient (Wildman–Crippen LogP) is 3.57. The lowest BCUT2D eigenvalue weighted by molar-refractivity contribution is 0.400. The van der Waals surface area contributed by atoms with Crippen LogP contribution in [0.3, 0.4) is 0 Å². The Bertz CT molecular complexity index is 589. The fourth-order valence-corrected chi connectivity index (χ4v) is 2.91. The molecule has 0 bridgehead atoms. The minimum Gasteiger partial charge on any atom is -0.493 e. The molecule has 1 aromatic heterocycles. The molecule has 0 aliphatic rings. The van der Waals surface area contributed by atoms with Crippen molar-refractivity contribution < 1.29 is 4.74 Å². The fourth-order valence-electron chi connectivity index (χ4n) is 2.61. The van der Waals surface area contributed by atoms with Crippen LogP contribution < -0.4 is 10.1 Å². The van der Waals surface area contributed by atoms with E-state index >= 15 is 0 Å². The van der Waals surface area contributed by atoms with Gasteiger partial charge in [-0.25, -0.2) is 0 Å². The summed E-state index contributed by atoms with van der Waals surface area (Å²) in [6, 6.07) is 6.07. The fraction of sp³-hybridized carbons (Fsp3) is 0.438. The van der Waals surface area contributed by atoms with Crippen molar-refractivity contribution in [2.75, 3.05) is 14.2 Å². The summed E-state index contributed by atoms with van der Waals surface area (Å²) in [7, 11) is 3.61. The molecule has 0 amide bonds. The van der Waals surface area contributed by atoms with Crippen LogP contribution in [0.5, 0.6) is 5.75 Å². The zero-order valence-corrected chi connectivity index (χ0v) is 13.7. The van der Waals surface area contributed by atoms with E-state index in [-0.39, 0.29) is 6.04 Å². The van der Waals surface area contributed by atoms with Crippen LogP contribution in [0.1, 0.15) is 36.2 Å². The van der Waals surface area contributed by atoms with Gasteiger partial charge in [0.05, 0.1) is 19.3 Å². The number of aryl methyl sites for hydroxylation is 2. The summed E-state index contributed by atoms with van der Waals surface area (Å²) in [5.74, 6) is 0.792. The van der Waals surface area contributed by atoms with Crippen LogP contribution in [0.4, 0.5) is 0 Å². The van der Waals surface area contributed by atoms with Crippen molar-refractivity contribution >= 4 is 11.6 Å². The first kappa shape index (κ1) is 15.9. The second-order valence-corrected chi connectivity index (χ2v) is 5.54. The van der Waals surface area contributed by atoms with Crippen LogP contribution in [0.25, 0.3) is 0 Å². The summed E-state index contributed by atoms with van der Waals surface area (Å²) in [4.78, 5) is 0. The van der Waals surface area contributed by atoms with E-state index in [9.17, 15) is 0 Å². The Hall–Kier alpha value is -1.52. The number of nitrogens with one attached hydrogen (secondary N) is 1. The summed E-state index contributed by atoms with van der Waals surface area (Å²) in [6.45, 7) is 5.04. The predicted molar refractivity (Wildman–Crippen MR) is 86.2 cm³/mol. The van der Waals surface area contributed by atoms with Gasteiger partial charge in [0.1, 0.15) is 5.69 Å². The number of hydrogen-bond acceptors (Lipinski definition) is 3. The van der Waals surface area contributed by atoms with Crippen molar-refractivity contribution in [1.82, 2.24) is 15.1 Å². The van der Waals surface area contributed by atoms with Gasteiger partial charge >= 0.3 is 0 Å². The molecule has 0 aliphatic carbocycles. The molecule has 2 aromatic rings. The molecule has 0 saturated carbocycles. The molecule has 0 saturated heterocycles. The molecule has 0 aliphatic heterocycles. The smallest absolute Gasteiger partial charge is 0.161 e. The molecule has 0 spiro atoms. The first-order chi connectivity index (χ1) is 10.1. The molecule has 1 aromatic carbocycles. The van der Waals surface area contributed by atoms with E-state index in [0.717, 1.165) is 40.6 Å². The number of hydrogen-bond donors (Lipinski definition) is 1. The summed E-state index contributed by atoms with van der Waals surface area (Å²) in [5.41, 5.74) is 3.28. The van der Waals surface area contributed by atoms with E-state index in [1.807, 2.05) is 30.8 Å². The highest BCUT2D eigenvalue weighted by Gasteiger charge is 2.22. The number of aromatic nitrogens is 2. The van der Waals surface area contributed by atoms with Crippen LogP contribution >= 0.6 is 11.6 Å². The van der Waals surface area contributed by atoms with Crippen LogP contribution in [-0.4, -0.2) is 23.9 Å². The summed E-state index contributed by atoms with van der Waals surface area (Å²) >= 11 is 6.21. The molecule has 5 heteroatoms. The van der Waals surface area contributed by atoms with Crippen molar-refractivity contribution in [2.24, 2.45) is 0 Å². The van der Waals surface area contributed by atoms with Crippen molar-refractivity contribution in [1.29, 1.82) is 0 Å². The van der Waals surface area contributed by atoms with Crippen molar-refractivity contribution in [3.05, 3.63) is 46.2 Å². The normalized spacial score (nSPS) is 12.4. The highest BCUT2D eigenvalue weighted by atomic mass is 35.5. The van der Waals surface area contributed by atoms with Crippen molar-refractivity contribution in [3.63, 3.8) is 0 Å². The first-order valence-corrected chi connectivity index (χ1v) is 7.52. The molecule has 1 unspecified atom stereocenters. The van der Waals surface area contributed by atoms with Gasteiger partial charge in [-0.3, -0.25) is 4.68 Å². The van der Waals surface area contributed by atoms with Gasteiger partial charge in [-0.1, -0.05) is 24.6 Å². The second-order valence-electron chi connectivity index (χ2n) is 5.10. The Morgan fingerprint density at radius 2 is 2.14 bits per heavy atom. The quantitative estimate of drug-likeness (QED) is 0.886. The maximum atomic E-state index is 6.21. The van der Waals surface area contributed by atoms with Gasteiger partial charge in [0.25, 0.3) is 0 Å². The standard InChI is InChI=1S/C16H22ClN3O/c1-5-6-20-16(14(21-4)10-19-20)15(18-3)12-7-11(2)8-13(17)9-12/h7-10,15,18H,5-6H2,1-4H3. The number of ether oxygens (including phenoxy) is 1. The lowest BCUT2D eigenvalue weighted by atomic mass is 10.0.